The second-order valence-electron chi connectivity index (χ2n) is 4.16. The molecule has 0 aromatic heterocycles. The SMILES string of the molecule is CC(=S)[C@]1(C)C[C@H]2C=C[C@@H]1C2. The number of hydrogen-bond donors (Lipinski definition) is 0. The first kappa shape index (κ1) is 7.48. The van der Waals surface area contributed by atoms with Gasteiger partial charge >= 0.3 is 0 Å². The molecule has 0 spiro atoms. The minimum atomic E-state index is 0.356. The summed E-state index contributed by atoms with van der Waals surface area (Å²) in [7, 11) is 0. The molecule has 1 saturated carbocycles. The fourth-order valence-electron chi connectivity index (χ4n) is 2.50. The molecule has 0 aromatic carbocycles. The Kier molecular flexibility index (Phi) is 1.47. The van der Waals surface area contributed by atoms with Gasteiger partial charge in [0.1, 0.15) is 0 Å². The van der Waals surface area contributed by atoms with Crippen LogP contribution in [0.2, 0.25) is 0 Å². The van der Waals surface area contributed by atoms with Crippen LogP contribution in [0.4, 0.5) is 0 Å². The molecule has 60 valence electrons. The normalized spacial score (nSPS) is 46.7. The van der Waals surface area contributed by atoms with E-state index < -0.39 is 0 Å². The van der Waals surface area contributed by atoms with Crippen LogP contribution in [-0.4, -0.2) is 4.86 Å². The van der Waals surface area contributed by atoms with E-state index in [9.17, 15) is 0 Å². The molecule has 0 amide bonds. The number of fused-ring (bicyclic) bond motifs is 2. The average Bonchev–Trinajstić information content (AvgIpc) is 2.45. The first-order chi connectivity index (χ1) is 5.13. The Morgan fingerprint density at radius 1 is 1.55 bits per heavy atom. The molecule has 2 aliphatic rings. The summed E-state index contributed by atoms with van der Waals surface area (Å²) in [6.45, 7) is 4.42. The van der Waals surface area contributed by atoms with Gasteiger partial charge in [-0.15, -0.1) is 0 Å². The van der Waals surface area contributed by atoms with Crippen molar-refractivity contribution in [2.24, 2.45) is 17.3 Å². The number of hydrogen-bond acceptors (Lipinski definition) is 1. The summed E-state index contributed by atoms with van der Waals surface area (Å²) in [5.41, 5.74) is 0.356. The predicted octanol–water partition coefficient (Wildman–Crippen LogP) is 2.98. The van der Waals surface area contributed by atoms with Crippen LogP contribution in [0.5, 0.6) is 0 Å². The lowest BCUT2D eigenvalue weighted by atomic mass is 9.75. The molecule has 0 aliphatic heterocycles. The highest BCUT2D eigenvalue weighted by molar-refractivity contribution is 7.80. The van der Waals surface area contributed by atoms with Gasteiger partial charge in [0.25, 0.3) is 0 Å². The molecule has 2 aliphatic carbocycles. The van der Waals surface area contributed by atoms with E-state index >= 15 is 0 Å². The quantitative estimate of drug-likeness (QED) is 0.426. The monoisotopic (exact) mass is 166 g/mol. The summed E-state index contributed by atoms with van der Waals surface area (Å²) in [6, 6.07) is 0. The van der Waals surface area contributed by atoms with Gasteiger partial charge in [-0.2, -0.15) is 0 Å². The van der Waals surface area contributed by atoms with E-state index in [-0.39, 0.29) is 0 Å². The van der Waals surface area contributed by atoms with E-state index in [1.807, 2.05) is 0 Å². The van der Waals surface area contributed by atoms with Gasteiger partial charge in [0.05, 0.1) is 0 Å². The Morgan fingerprint density at radius 2 is 2.27 bits per heavy atom. The zero-order valence-corrected chi connectivity index (χ0v) is 7.95. The van der Waals surface area contributed by atoms with Gasteiger partial charge < -0.3 is 0 Å². The molecule has 0 unspecified atom stereocenters. The second-order valence-corrected chi connectivity index (χ2v) is 4.78. The van der Waals surface area contributed by atoms with Crippen molar-refractivity contribution in [3.05, 3.63) is 12.2 Å². The molecule has 1 fully saturated rings. The van der Waals surface area contributed by atoms with Crippen LogP contribution < -0.4 is 0 Å². The van der Waals surface area contributed by atoms with Gasteiger partial charge in [0.15, 0.2) is 0 Å². The third-order valence-corrected chi connectivity index (χ3v) is 3.95. The number of rotatable bonds is 1. The van der Waals surface area contributed by atoms with E-state index in [1.165, 1.54) is 17.7 Å². The van der Waals surface area contributed by atoms with E-state index in [0.29, 0.717) is 5.41 Å². The molecule has 2 bridgehead atoms. The van der Waals surface area contributed by atoms with Crippen molar-refractivity contribution in [2.75, 3.05) is 0 Å². The molecule has 11 heavy (non-hydrogen) atoms. The van der Waals surface area contributed by atoms with Crippen molar-refractivity contribution in [1.82, 2.24) is 0 Å². The van der Waals surface area contributed by atoms with Gasteiger partial charge in [-0.3, -0.25) is 0 Å². The third-order valence-electron chi connectivity index (χ3n) is 3.48. The van der Waals surface area contributed by atoms with Gasteiger partial charge in [0.2, 0.25) is 0 Å². The lowest BCUT2D eigenvalue weighted by molar-refractivity contribution is 0.393. The molecular formula is C10H14S. The van der Waals surface area contributed by atoms with Crippen LogP contribution in [0.15, 0.2) is 12.2 Å². The van der Waals surface area contributed by atoms with Crippen molar-refractivity contribution < 1.29 is 0 Å². The summed E-state index contributed by atoms with van der Waals surface area (Å²) >= 11 is 5.30. The van der Waals surface area contributed by atoms with Crippen molar-refractivity contribution in [1.29, 1.82) is 0 Å². The fraction of sp³-hybridized carbons (Fsp3) is 0.700. The van der Waals surface area contributed by atoms with Crippen LogP contribution in [-0.2, 0) is 0 Å². The third kappa shape index (κ3) is 0.903. The lowest BCUT2D eigenvalue weighted by Gasteiger charge is -2.30. The smallest absolute Gasteiger partial charge is 0.00540 e. The zero-order valence-electron chi connectivity index (χ0n) is 7.13. The van der Waals surface area contributed by atoms with Crippen LogP contribution in [0, 0.1) is 17.3 Å². The number of allylic oxidation sites excluding steroid dienone is 2. The van der Waals surface area contributed by atoms with E-state index in [2.05, 4.69) is 26.0 Å². The van der Waals surface area contributed by atoms with E-state index in [0.717, 1.165) is 11.8 Å². The molecule has 0 nitrogen and oxygen atoms in total. The fourth-order valence-corrected chi connectivity index (χ4v) is 2.73. The van der Waals surface area contributed by atoms with Gasteiger partial charge in [-0.1, -0.05) is 31.3 Å². The molecule has 3 atom stereocenters. The number of thiocarbonyl (C=S) groups is 1. The summed E-state index contributed by atoms with van der Waals surface area (Å²) in [6.07, 6.45) is 7.38. The Morgan fingerprint density at radius 3 is 2.55 bits per heavy atom. The van der Waals surface area contributed by atoms with Crippen molar-refractivity contribution >= 4 is 17.1 Å². The maximum Gasteiger partial charge on any atom is 0.00540 e. The highest BCUT2D eigenvalue weighted by Crippen LogP contribution is 2.52. The second kappa shape index (κ2) is 2.16. The molecule has 2 rings (SSSR count). The highest BCUT2D eigenvalue weighted by Gasteiger charge is 2.45. The highest BCUT2D eigenvalue weighted by atomic mass is 32.1. The average molecular weight is 166 g/mol. The van der Waals surface area contributed by atoms with Crippen LogP contribution in [0.1, 0.15) is 26.7 Å². The maximum absolute atomic E-state index is 5.30. The summed E-state index contributed by atoms with van der Waals surface area (Å²) < 4.78 is 0. The van der Waals surface area contributed by atoms with Crippen molar-refractivity contribution in [3.63, 3.8) is 0 Å². The first-order valence-corrected chi connectivity index (χ1v) is 4.73. The standard InChI is InChI=1S/C10H14S/c1-7(11)10(2)6-8-3-4-9(10)5-8/h3-4,8-9H,5-6H2,1-2H3/t8-,9+,10-/m0/s1. The lowest BCUT2D eigenvalue weighted by Crippen LogP contribution is -2.28. The Balaban J connectivity index is 2.30. The largest absolute Gasteiger partial charge is 0.0894 e. The minimum absolute atomic E-state index is 0.356. The van der Waals surface area contributed by atoms with Gasteiger partial charge in [-0.05, 0) is 36.5 Å². The predicted molar refractivity (Wildman–Crippen MR) is 51.7 cm³/mol. The van der Waals surface area contributed by atoms with Crippen LogP contribution in [0.25, 0.3) is 0 Å². The van der Waals surface area contributed by atoms with Crippen molar-refractivity contribution in [2.45, 2.75) is 26.7 Å². The van der Waals surface area contributed by atoms with E-state index in [4.69, 9.17) is 12.2 Å². The minimum Gasteiger partial charge on any atom is -0.0894 e. The summed E-state index contributed by atoms with van der Waals surface area (Å²) in [4.78, 5) is 1.20. The zero-order chi connectivity index (χ0) is 8.06. The van der Waals surface area contributed by atoms with Crippen LogP contribution in [0.3, 0.4) is 0 Å². The molecule has 0 radical (unpaired) electrons. The molecule has 0 saturated heterocycles. The molecular weight excluding hydrogens is 152 g/mol. The molecule has 0 N–H and O–H groups in total. The molecule has 0 aromatic rings. The topological polar surface area (TPSA) is 0 Å². The van der Waals surface area contributed by atoms with E-state index in [1.54, 1.807) is 0 Å². The first-order valence-electron chi connectivity index (χ1n) is 4.32. The Hall–Kier alpha value is -0.170. The van der Waals surface area contributed by atoms with Crippen molar-refractivity contribution in [3.8, 4) is 0 Å². The summed E-state index contributed by atoms with van der Waals surface area (Å²) in [5.74, 6) is 1.59. The Labute approximate surface area is 73.7 Å². The van der Waals surface area contributed by atoms with Gasteiger partial charge in [-0.25, -0.2) is 0 Å². The van der Waals surface area contributed by atoms with Crippen LogP contribution >= 0.6 is 12.2 Å². The maximum atomic E-state index is 5.30. The molecule has 0 heterocycles. The Bertz CT molecular complexity index is 229. The summed E-state index contributed by atoms with van der Waals surface area (Å²) in [5, 5.41) is 0. The molecule has 1 heteroatoms. The van der Waals surface area contributed by atoms with Gasteiger partial charge in [0, 0.05) is 5.41 Å².